The summed E-state index contributed by atoms with van der Waals surface area (Å²) in [7, 11) is 0. The van der Waals surface area contributed by atoms with Gasteiger partial charge in [0.15, 0.2) is 5.96 Å². The summed E-state index contributed by atoms with van der Waals surface area (Å²) in [6.07, 6.45) is 6.96. The van der Waals surface area contributed by atoms with Crippen LogP contribution in [0.5, 0.6) is 0 Å². The number of aliphatic imine (C=N–C) groups is 1. The lowest BCUT2D eigenvalue weighted by Gasteiger charge is -2.34. The van der Waals surface area contributed by atoms with Gasteiger partial charge in [0.1, 0.15) is 0 Å². The molecule has 0 bridgehead atoms. The number of hydrogen-bond acceptors (Lipinski definition) is 3. The van der Waals surface area contributed by atoms with Crippen molar-refractivity contribution >= 4 is 29.9 Å². The summed E-state index contributed by atoms with van der Waals surface area (Å²) in [6.45, 7) is 9.57. The van der Waals surface area contributed by atoms with Crippen molar-refractivity contribution in [1.29, 1.82) is 0 Å². The van der Waals surface area contributed by atoms with Crippen LogP contribution in [0.3, 0.4) is 0 Å². The summed E-state index contributed by atoms with van der Waals surface area (Å²) >= 11 is 0. The Morgan fingerprint density at radius 3 is 2.53 bits per heavy atom. The van der Waals surface area contributed by atoms with Crippen LogP contribution in [0.25, 0.3) is 0 Å². The first kappa shape index (κ1) is 25.4. The molecule has 1 aromatic carbocycles. The lowest BCUT2D eigenvalue weighted by molar-refractivity contribution is 0.0205. The van der Waals surface area contributed by atoms with E-state index in [-0.39, 0.29) is 24.0 Å². The Morgan fingerprint density at radius 1 is 1.10 bits per heavy atom. The molecule has 0 aliphatic carbocycles. The highest BCUT2D eigenvalue weighted by molar-refractivity contribution is 14.0. The maximum Gasteiger partial charge on any atom is 0.193 e. The van der Waals surface area contributed by atoms with Gasteiger partial charge in [0.25, 0.3) is 0 Å². The predicted octanol–water partition coefficient (Wildman–Crippen LogP) is 4.36. The van der Waals surface area contributed by atoms with E-state index in [2.05, 4.69) is 47.5 Å². The van der Waals surface area contributed by atoms with E-state index in [0.29, 0.717) is 5.92 Å². The number of rotatable bonds is 9. The first-order chi connectivity index (χ1) is 14.3. The van der Waals surface area contributed by atoms with Crippen LogP contribution in [-0.2, 0) is 15.9 Å². The second-order valence-corrected chi connectivity index (χ2v) is 8.34. The molecule has 2 aliphatic heterocycles. The van der Waals surface area contributed by atoms with Crippen LogP contribution in [0.1, 0.15) is 44.6 Å². The Balaban J connectivity index is 0.00000320. The molecule has 0 radical (unpaired) electrons. The summed E-state index contributed by atoms with van der Waals surface area (Å²) in [5, 5.41) is 3.48. The molecule has 1 N–H and O–H groups in total. The van der Waals surface area contributed by atoms with Crippen LogP contribution in [-0.4, -0.2) is 63.5 Å². The second-order valence-electron chi connectivity index (χ2n) is 8.34. The van der Waals surface area contributed by atoms with Crippen LogP contribution >= 0.6 is 24.0 Å². The number of ether oxygens (including phenoxy) is 2. The molecule has 2 saturated heterocycles. The molecule has 0 saturated carbocycles. The Bertz CT molecular complexity index is 585. The number of hydrogen-bond donors (Lipinski definition) is 1. The number of guanidine groups is 1. The minimum Gasteiger partial charge on any atom is -0.381 e. The van der Waals surface area contributed by atoms with Gasteiger partial charge in [0.2, 0.25) is 0 Å². The maximum atomic E-state index is 5.87. The monoisotopic (exact) mass is 529 g/mol. The van der Waals surface area contributed by atoms with Crippen molar-refractivity contribution in [2.24, 2.45) is 16.8 Å². The molecular formula is C24H40IN3O2. The van der Waals surface area contributed by atoms with Crippen LogP contribution < -0.4 is 5.32 Å². The average Bonchev–Trinajstić information content (AvgIpc) is 2.77. The summed E-state index contributed by atoms with van der Waals surface area (Å²) < 4.78 is 11.3. The number of nitrogens with zero attached hydrogens (tertiary/aromatic N) is 2. The topological polar surface area (TPSA) is 46.1 Å². The van der Waals surface area contributed by atoms with Crippen LogP contribution in [0.15, 0.2) is 35.3 Å². The van der Waals surface area contributed by atoms with E-state index >= 15 is 0 Å². The normalized spacial score (nSPS) is 18.8. The Hall–Kier alpha value is -0.860. The minimum absolute atomic E-state index is 0. The van der Waals surface area contributed by atoms with Gasteiger partial charge in [-0.15, -0.1) is 24.0 Å². The first-order valence-electron chi connectivity index (χ1n) is 11.6. The molecule has 5 nitrogen and oxygen atoms in total. The average molecular weight is 530 g/mol. The largest absolute Gasteiger partial charge is 0.381 e. The zero-order chi connectivity index (χ0) is 20.2. The summed E-state index contributed by atoms with van der Waals surface area (Å²) in [5.74, 6) is 2.55. The summed E-state index contributed by atoms with van der Waals surface area (Å²) in [4.78, 5) is 7.30. The molecule has 0 unspecified atom stereocenters. The van der Waals surface area contributed by atoms with Gasteiger partial charge in [-0.3, -0.25) is 4.99 Å². The first-order valence-corrected chi connectivity index (χ1v) is 11.6. The van der Waals surface area contributed by atoms with Crippen LogP contribution in [0, 0.1) is 11.8 Å². The van der Waals surface area contributed by atoms with E-state index in [0.717, 1.165) is 83.7 Å². The van der Waals surface area contributed by atoms with Crippen molar-refractivity contribution in [2.75, 3.05) is 52.6 Å². The molecular weight excluding hydrogens is 489 g/mol. The highest BCUT2D eigenvalue weighted by Crippen LogP contribution is 2.21. The molecule has 2 heterocycles. The second kappa shape index (κ2) is 15.0. The van der Waals surface area contributed by atoms with Crippen molar-refractivity contribution < 1.29 is 9.47 Å². The molecule has 30 heavy (non-hydrogen) atoms. The molecule has 2 aliphatic rings. The van der Waals surface area contributed by atoms with Gasteiger partial charge in [-0.05, 0) is 62.8 Å². The third-order valence-corrected chi connectivity index (χ3v) is 6.02. The molecule has 6 heteroatoms. The van der Waals surface area contributed by atoms with Gasteiger partial charge in [-0.2, -0.15) is 0 Å². The van der Waals surface area contributed by atoms with Gasteiger partial charge < -0.3 is 19.7 Å². The van der Waals surface area contributed by atoms with Crippen molar-refractivity contribution in [3.8, 4) is 0 Å². The number of likely N-dealkylation sites (tertiary alicyclic amines) is 1. The van der Waals surface area contributed by atoms with Crippen LogP contribution in [0.4, 0.5) is 0 Å². The van der Waals surface area contributed by atoms with E-state index in [1.165, 1.54) is 24.8 Å². The number of halogens is 1. The molecule has 1 aromatic rings. The van der Waals surface area contributed by atoms with E-state index in [9.17, 15) is 0 Å². The van der Waals surface area contributed by atoms with Crippen molar-refractivity contribution in [1.82, 2.24) is 10.2 Å². The van der Waals surface area contributed by atoms with Gasteiger partial charge >= 0.3 is 0 Å². The Morgan fingerprint density at radius 2 is 1.83 bits per heavy atom. The molecule has 3 rings (SSSR count). The molecule has 0 amide bonds. The molecule has 0 aromatic heterocycles. The van der Waals surface area contributed by atoms with Gasteiger partial charge in [-0.1, -0.05) is 30.3 Å². The number of benzene rings is 1. The Kier molecular flexibility index (Phi) is 12.7. The molecule has 0 spiro atoms. The molecule has 2 fully saturated rings. The van der Waals surface area contributed by atoms with Gasteiger partial charge in [0.05, 0.1) is 0 Å². The smallest absolute Gasteiger partial charge is 0.193 e. The third kappa shape index (κ3) is 9.10. The minimum atomic E-state index is 0. The van der Waals surface area contributed by atoms with E-state index in [4.69, 9.17) is 14.5 Å². The third-order valence-electron chi connectivity index (χ3n) is 6.02. The lowest BCUT2D eigenvalue weighted by atomic mass is 9.90. The molecule has 170 valence electrons. The summed E-state index contributed by atoms with van der Waals surface area (Å²) in [6, 6.07) is 10.9. The fourth-order valence-corrected chi connectivity index (χ4v) is 4.24. The van der Waals surface area contributed by atoms with Crippen molar-refractivity contribution in [3.63, 3.8) is 0 Å². The molecule has 0 atom stereocenters. The summed E-state index contributed by atoms with van der Waals surface area (Å²) in [5.41, 5.74) is 1.47. The van der Waals surface area contributed by atoms with Crippen molar-refractivity contribution in [2.45, 2.75) is 45.4 Å². The van der Waals surface area contributed by atoms with Crippen LogP contribution in [0.2, 0.25) is 0 Å². The lowest BCUT2D eigenvalue weighted by Crippen LogP contribution is -2.46. The number of nitrogens with one attached hydrogen (secondary N) is 1. The van der Waals surface area contributed by atoms with Gasteiger partial charge in [0, 0.05) is 52.6 Å². The Labute approximate surface area is 200 Å². The van der Waals surface area contributed by atoms with E-state index in [1.807, 2.05) is 0 Å². The highest BCUT2D eigenvalue weighted by Gasteiger charge is 2.21. The standard InChI is InChI=1S/C24H39N3O2.HI/c1-2-25-24(26-13-6-16-29-20-23-11-17-28-18-12-23)27-14-9-22(10-15-27)19-21-7-4-3-5-8-21;/h3-5,7-8,22-23H,2,6,9-20H2,1H3,(H,25,26);1H. The highest BCUT2D eigenvalue weighted by atomic mass is 127. The quantitative estimate of drug-likeness (QED) is 0.224. The van der Waals surface area contributed by atoms with Crippen molar-refractivity contribution in [3.05, 3.63) is 35.9 Å². The number of piperidine rings is 1. The van der Waals surface area contributed by atoms with E-state index < -0.39 is 0 Å². The fourth-order valence-electron chi connectivity index (χ4n) is 4.24. The SMILES string of the molecule is CCNC(=NCCCOCC1CCOCC1)N1CCC(Cc2ccccc2)CC1.I. The van der Waals surface area contributed by atoms with E-state index in [1.54, 1.807) is 0 Å². The zero-order valence-electron chi connectivity index (χ0n) is 18.6. The van der Waals surface area contributed by atoms with Gasteiger partial charge in [-0.25, -0.2) is 0 Å². The zero-order valence-corrected chi connectivity index (χ0v) is 20.9. The maximum absolute atomic E-state index is 5.87. The fraction of sp³-hybridized carbons (Fsp3) is 0.708. The predicted molar refractivity (Wildman–Crippen MR) is 135 cm³/mol.